The molecule has 0 bridgehead atoms. The second-order valence-electron chi connectivity index (χ2n) is 6.14. The first-order chi connectivity index (χ1) is 13.7. The van der Waals surface area contributed by atoms with Gasteiger partial charge in [0.1, 0.15) is 0 Å². The Bertz CT molecular complexity index is 1200. The van der Waals surface area contributed by atoms with Crippen LogP contribution >= 0.6 is 22.7 Å². The number of thiophene rings is 1. The van der Waals surface area contributed by atoms with Crippen LogP contribution in [0.15, 0.2) is 40.5 Å². The number of methoxy groups -OCH3 is 1. The van der Waals surface area contributed by atoms with Crippen molar-refractivity contribution in [3.8, 4) is 22.2 Å². The van der Waals surface area contributed by atoms with Crippen LogP contribution in [0.5, 0.6) is 11.5 Å². The maximum atomic E-state index is 12.7. The zero-order valence-electron chi connectivity index (χ0n) is 15.5. The van der Waals surface area contributed by atoms with E-state index in [4.69, 9.17) is 9.47 Å². The molecule has 0 atom stereocenters. The lowest BCUT2D eigenvalue weighted by Gasteiger charge is -2.10. The van der Waals surface area contributed by atoms with Gasteiger partial charge in [0.2, 0.25) is 4.96 Å². The molecule has 0 aliphatic rings. The smallest absolute Gasteiger partial charge is 0.291 e. The minimum Gasteiger partial charge on any atom is -0.493 e. The molecule has 0 N–H and O–H groups in total. The highest BCUT2D eigenvalue weighted by Gasteiger charge is 2.13. The highest BCUT2D eigenvalue weighted by Crippen LogP contribution is 2.28. The zero-order chi connectivity index (χ0) is 19.5. The van der Waals surface area contributed by atoms with Gasteiger partial charge in [-0.25, -0.2) is 0 Å². The van der Waals surface area contributed by atoms with Gasteiger partial charge < -0.3 is 9.47 Å². The number of rotatable bonds is 7. The van der Waals surface area contributed by atoms with Crippen molar-refractivity contribution in [2.45, 2.75) is 19.8 Å². The van der Waals surface area contributed by atoms with Crippen LogP contribution < -0.4 is 19.6 Å². The van der Waals surface area contributed by atoms with E-state index in [9.17, 15) is 4.79 Å². The number of ether oxygens (including phenoxy) is 2. The van der Waals surface area contributed by atoms with Crippen LogP contribution in [0.1, 0.15) is 25.3 Å². The average Bonchev–Trinajstić information content (AvgIpc) is 3.42. The molecule has 0 radical (unpaired) electrons. The van der Waals surface area contributed by atoms with Gasteiger partial charge in [0, 0.05) is 0 Å². The number of benzene rings is 1. The molecule has 0 fully saturated rings. The number of nitrogens with zero attached hydrogens (tertiary/aromatic N) is 3. The molecule has 0 saturated carbocycles. The van der Waals surface area contributed by atoms with Crippen LogP contribution in [0.25, 0.3) is 21.7 Å². The summed E-state index contributed by atoms with van der Waals surface area (Å²) < 4.78 is 13.1. The first-order valence-electron chi connectivity index (χ1n) is 8.95. The second-order valence-corrected chi connectivity index (χ2v) is 8.09. The topological polar surface area (TPSA) is 65.7 Å². The third-order valence-electron chi connectivity index (χ3n) is 4.16. The third-order valence-corrected chi connectivity index (χ3v) is 5.99. The molecule has 0 amide bonds. The molecule has 0 spiro atoms. The average molecular weight is 414 g/mol. The summed E-state index contributed by atoms with van der Waals surface area (Å²) in [6, 6.07) is 9.54. The Kier molecular flexibility index (Phi) is 5.40. The maximum absolute atomic E-state index is 12.7. The fraction of sp³-hybridized carbons (Fsp3) is 0.250. The van der Waals surface area contributed by atoms with E-state index in [0.717, 1.165) is 23.3 Å². The summed E-state index contributed by atoms with van der Waals surface area (Å²) in [7, 11) is 1.61. The predicted octanol–water partition coefficient (Wildman–Crippen LogP) is 3.61. The summed E-state index contributed by atoms with van der Waals surface area (Å²) in [4.78, 5) is 18.7. The molecule has 4 rings (SSSR count). The third kappa shape index (κ3) is 3.65. The highest BCUT2D eigenvalue weighted by atomic mass is 32.1. The lowest BCUT2D eigenvalue weighted by molar-refractivity contribution is 0.288. The zero-order valence-corrected chi connectivity index (χ0v) is 17.2. The van der Waals surface area contributed by atoms with Gasteiger partial charge in [-0.05, 0) is 41.6 Å². The molecule has 144 valence electrons. The van der Waals surface area contributed by atoms with E-state index in [1.54, 1.807) is 18.4 Å². The van der Waals surface area contributed by atoms with Gasteiger partial charge in [0.25, 0.3) is 5.56 Å². The second kappa shape index (κ2) is 8.12. The largest absolute Gasteiger partial charge is 0.493 e. The van der Waals surface area contributed by atoms with Gasteiger partial charge >= 0.3 is 0 Å². The Balaban J connectivity index is 1.66. The lowest BCUT2D eigenvalue weighted by Crippen LogP contribution is -2.23. The minimum atomic E-state index is -0.169. The predicted molar refractivity (Wildman–Crippen MR) is 113 cm³/mol. The number of hydrogen-bond acceptors (Lipinski definition) is 7. The van der Waals surface area contributed by atoms with Crippen molar-refractivity contribution in [1.82, 2.24) is 14.6 Å². The molecule has 1 aromatic carbocycles. The standard InChI is InChI=1S/C20H19N3O3S2/c1-3-4-9-26-14-8-7-13(11-15(14)25-2)12-17-19(24)23-20(28-17)21-18(22-23)16-6-5-10-27-16/h5-8,10-12H,3-4,9H2,1-2H3/b17-12-. The number of unbranched alkanes of at least 4 members (excludes halogenated alkanes) is 1. The SMILES string of the molecule is CCCCOc1ccc(/C=c2\sc3nc(-c4cccs4)nn3c2=O)cc1OC. The summed E-state index contributed by atoms with van der Waals surface area (Å²) >= 11 is 2.88. The first-order valence-corrected chi connectivity index (χ1v) is 10.6. The lowest BCUT2D eigenvalue weighted by atomic mass is 10.2. The van der Waals surface area contributed by atoms with Crippen molar-refractivity contribution in [3.05, 3.63) is 56.2 Å². The molecule has 3 aromatic heterocycles. The van der Waals surface area contributed by atoms with Crippen molar-refractivity contribution in [1.29, 1.82) is 0 Å². The van der Waals surface area contributed by atoms with E-state index in [2.05, 4.69) is 17.0 Å². The molecular weight excluding hydrogens is 394 g/mol. The molecule has 6 nitrogen and oxygen atoms in total. The summed E-state index contributed by atoms with van der Waals surface area (Å²) in [6.07, 6.45) is 3.89. The Morgan fingerprint density at radius 1 is 1.25 bits per heavy atom. The quantitative estimate of drug-likeness (QED) is 0.433. The van der Waals surface area contributed by atoms with E-state index in [1.807, 2.05) is 41.8 Å². The van der Waals surface area contributed by atoms with Crippen molar-refractivity contribution in [3.63, 3.8) is 0 Å². The number of thiazole rings is 1. The van der Waals surface area contributed by atoms with Crippen LogP contribution in [0.3, 0.4) is 0 Å². The van der Waals surface area contributed by atoms with Crippen molar-refractivity contribution in [2.24, 2.45) is 0 Å². The molecular formula is C20H19N3O3S2. The van der Waals surface area contributed by atoms with Gasteiger partial charge in [-0.15, -0.1) is 16.4 Å². The minimum absolute atomic E-state index is 0.169. The molecule has 28 heavy (non-hydrogen) atoms. The molecule has 3 heterocycles. The summed E-state index contributed by atoms with van der Waals surface area (Å²) in [5.74, 6) is 1.94. The first kappa shape index (κ1) is 18.6. The normalized spacial score (nSPS) is 12.0. The van der Waals surface area contributed by atoms with Crippen molar-refractivity contribution < 1.29 is 9.47 Å². The van der Waals surface area contributed by atoms with E-state index in [-0.39, 0.29) is 5.56 Å². The van der Waals surface area contributed by atoms with Crippen LogP contribution in [0, 0.1) is 0 Å². The Morgan fingerprint density at radius 2 is 2.14 bits per heavy atom. The number of fused-ring (bicyclic) bond motifs is 1. The Morgan fingerprint density at radius 3 is 2.86 bits per heavy atom. The van der Waals surface area contributed by atoms with E-state index in [0.29, 0.717) is 33.4 Å². The Labute approximate surface area is 169 Å². The van der Waals surface area contributed by atoms with Gasteiger partial charge in [0.05, 0.1) is 23.1 Å². The van der Waals surface area contributed by atoms with Crippen molar-refractivity contribution in [2.75, 3.05) is 13.7 Å². The molecule has 4 aromatic rings. The molecule has 0 unspecified atom stereocenters. The van der Waals surface area contributed by atoms with E-state index in [1.165, 1.54) is 15.9 Å². The van der Waals surface area contributed by atoms with Crippen LogP contribution in [-0.4, -0.2) is 28.3 Å². The van der Waals surface area contributed by atoms with Gasteiger partial charge in [-0.2, -0.15) is 9.50 Å². The monoisotopic (exact) mass is 413 g/mol. The van der Waals surface area contributed by atoms with E-state index < -0.39 is 0 Å². The number of aromatic nitrogens is 3. The summed E-state index contributed by atoms with van der Waals surface area (Å²) in [6.45, 7) is 2.77. The van der Waals surface area contributed by atoms with Gasteiger partial charge in [0.15, 0.2) is 17.3 Å². The summed E-state index contributed by atoms with van der Waals surface area (Å²) in [5.41, 5.74) is 0.692. The molecule has 0 aliphatic heterocycles. The summed E-state index contributed by atoms with van der Waals surface area (Å²) in [5, 5.41) is 6.32. The fourth-order valence-electron chi connectivity index (χ4n) is 2.71. The van der Waals surface area contributed by atoms with Crippen LogP contribution in [-0.2, 0) is 0 Å². The number of hydrogen-bond donors (Lipinski definition) is 0. The maximum Gasteiger partial charge on any atom is 0.291 e. The van der Waals surface area contributed by atoms with E-state index >= 15 is 0 Å². The van der Waals surface area contributed by atoms with Crippen LogP contribution in [0.4, 0.5) is 0 Å². The van der Waals surface area contributed by atoms with Gasteiger partial charge in [-0.3, -0.25) is 4.79 Å². The molecule has 0 saturated heterocycles. The molecule has 0 aliphatic carbocycles. The highest BCUT2D eigenvalue weighted by molar-refractivity contribution is 7.15. The van der Waals surface area contributed by atoms with Crippen LogP contribution in [0.2, 0.25) is 0 Å². The Hall–Kier alpha value is -2.71. The van der Waals surface area contributed by atoms with Crippen molar-refractivity contribution >= 4 is 33.7 Å². The van der Waals surface area contributed by atoms with Gasteiger partial charge in [-0.1, -0.05) is 36.8 Å². The molecule has 8 heteroatoms. The fourth-order valence-corrected chi connectivity index (χ4v) is 4.28.